The molecular formula is C21H24N4O4. The van der Waals surface area contributed by atoms with Crippen LogP contribution in [0.5, 0.6) is 0 Å². The zero-order chi connectivity index (χ0) is 20.5. The fourth-order valence-electron chi connectivity index (χ4n) is 3.88. The van der Waals surface area contributed by atoms with Crippen LogP contribution in [-0.2, 0) is 25.4 Å². The molecule has 4 rings (SSSR count). The van der Waals surface area contributed by atoms with Gasteiger partial charge in [-0.1, -0.05) is 6.07 Å². The molecule has 8 nitrogen and oxygen atoms in total. The van der Waals surface area contributed by atoms with E-state index < -0.39 is 5.97 Å². The first-order chi connectivity index (χ1) is 14.0. The number of nitrogens with one attached hydrogen (secondary N) is 2. The van der Waals surface area contributed by atoms with E-state index in [9.17, 15) is 14.7 Å². The molecule has 0 saturated carbocycles. The van der Waals surface area contributed by atoms with Gasteiger partial charge in [-0.25, -0.2) is 4.79 Å². The summed E-state index contributed by atoms with van der Waals surface area (Å²) >= 11 is 0. The molecule has 3 aromatic rings. The fourth-order valence-corrected chi connectivity index (χ4v) is 3.88. The van der Waals surface area contributed by atoms with Crippen molar-refractivity contribution in [2.45, 2.75) is 6.54 Å². The highest BCUT2D eigenvalue weighted by Crippen LogP contribution is 2.20. The fraction of sp³-hybridized carbons (Fsp3) is 0.333. The number of hydrogen-bond acceptors (Lipinski definition) is 5. The number of hydrogen-bond donors (Lipinski definition) is 2. The average Bonchev–Trinajstić information content (AvgIpc) is 2.96. The highest BCUT2D eigenvalue weighted by atomic mass is 16.5. The number of imidazole rings is 1. The Balaban J connectivity index is 1.56. The van der Waals surface area contributed by atoms with Crippen LogP contribution in [0.15, 0.2) is 41.2 Å². The zero-order valence-electron chi connectivity index (χ0n) is 16.5. The predicted octanol–water partition coefficient (Wildman–Crippen LogP) is -0.601. The normalized spacial score (nSPS) is 15.0. The number of morpholine rings is 1. The van der Waals surface area contributed by atoms with E-state index in [1.165, 1.54) is 0 Å². The number of carbonyl (C=O) groups excluding carboxylic acids is 1. The number of quaternary nitrogens is 1. The van der Waals surface area contributed by atoms with Gasteiger partial charge >= 0.3 is 5.69 Å². The lowest BCUT2D eigenvalue weighted by Crippen LogP contribution is -3.09. The Labute approximate surface area is 167 Å². The highest BCUT2D eigenvalue weighted by molar-refractivity contribution is 5.92. The van der Waals surface area contributed by atoms with Gasteiger partial charge in [-0.05, 0) is 29.8 Å². The van der Waals surface area contributed by atoms with E-state index in [0.29, 0.717) is 25.4 Å². The quantitative estimate of drug-likeness (QED) is 0.601. The maximum Gasteiger partial charge on any atom is 0.328 e. The first-order valence-electron chi connectivity index (χ1n) is 9.62. The van der Waals surface area contributed by atoms with Crippen LogP contribution in [-0.4, -0.2) is 41.4 Å². The van der Waals surface area contributed by atoms with Crippen LogP contribution >= 0.6 is 0 Å². The number of fused-ring (bicyclic) bond motifs is 1. The minimum absolute atomic E-state index is 0.0649. The molecule has 0 bridgehead atoms. The Morgan fingerprint density at radius 2 is 1.83 bits per heavy atom. The van der Waals surface area contributed by atoms with E-state index in [-0.39, 0.29) is 11.3 Å². The summed E-state index contributed by atoms with van der Waals surface area (Å²) in [5, 5.41) is 15.0. The van der Waals surface area contributed by atoms with E-state index >= 15 is 0 Å². The largest absolute Gasteiger partial charge is 0.545 e. The van der Waals surface area contributed by atoms with Gasteiger partial charge in [0.05, 0.1) is 35.8 Å². The summed E-state index contributed by atoms with van der Waals surface area (Å²) in [6.07, 6.45) is 0. The van der Waals surface area contributed by atoms with Crippen LogP contribution in [0.4, 0.5) is 11.4 Å². The molecule has 0 amide bonds. The Morgan fingerprint density at radius 3 is 2.55 bits per heavy atom. The summed E-state index contributed by atoms with van der Waals surface area (Å²) in [6, 6.07) is 11.2. The van der Waals surface area contributed by atoms with E-state index in [2.05, 4.69) is 5.32 Å². The van der Waals surface area contributed by atoms with E-state index in [4.69, 9.17) is 4.74 Å². The first-order valence-corrected chi connectivity index (χ1v) is 9.62. The smallest absolute Gasteiger partial charge is 0.328 e. The van der Waals surface area contributed by atoms with Crippen molar-refractivity contribution in [1.82, 2.24) is 9.13 Å². The molecule has 0 atom stereocenters. The monoisotopic (exact) mass is 396 g/mol. The van der Waals surface area contributed by atoms with Crippen molar-refractivity contribution < 1.29 is 19.5 Å². The number of anilines is 1. The number of carboxylic acid groups (broad SMARTS) is 1. The van der Waals surface area contributed by atoms with Gasteiger partial charge in [-0.3, -0.25) is 14.0 Å². The minimum Gasteiger partial charge on any atom is -0.545 e. The molecule has 2 heterocycles. The minimum atomic E-state index is -1.18. The Kier molecular flexibility index (Phi) is 5.12. The molecule has 1 fully saturated rings. The molecular weight excluding hydrogens is 372 g/mol. The number of nitrogens with zero attached hydrogens (tertiary/aromatic N) is 2. The molecule has 1 aromatic heterocycles. The Morgan fingerprint density at radius 1 is 1.10 bits per heavy atom. The summed E-state index contributed by atoms with van der Waals surface area (Å²) in [7, 11) is 3.50. The van der Waals surface area contributed by atoms with Crippen LogP contribution < -0.4 is 21.0 Å². The molecule has 8 heteroatoms. The lowest BCUT2D eigenvalue weighted by molar-refractivity contribution is -0.842. The number of ether oxygens (including phenoxy) is 1. The number of aromatic carboxylic acids is 1. The molecule has 0 spiro atoms. The molecule has 2 aromatic carbocycles. The number of aryl methyl sites for hydroxylation is 2. The van der Waals surface area contributed by atoms with Crippen molar-refractivity contribution in [3.8, 4) is 0 Å². The number of aromatic nitrogens is 2. The summed E-state index contributed by atoms with van der Waals surface area (Å²) in [6.45, 7) is 3.22. The predicted molar refractivity (Wildman–Crippen MR) is 107 cm³/mol. The van der Waals surface area contributed by atoms with Crippen LogP contribution in [0, 0.1) is 0 Å². The van der Waals surface area contributed by atoms with Gasteiger partial charge in [0.25, 0.3) is 0 Å². The Bertz CT molecular complexity index is 1130. The van der Waals surface area contributed by atoms with Crippen LogP contribution in [0.25, 0.3) is 11.0 Å². The first kappa shape index (κ1) is 19.2. The lowest BCUT2D eigenvalue weighted by Gasteiger charge is -2.25. The van der Waals surface area contributed by atoms with E-state index in [1.807, 2.05) is 30.3 Å². The number of benzene rings is 2. The standard InChI is InChI=1S/C21H24N4O4/c1-23-18-5-3-14(11-19(18)24(2)21(23)28)13-22-15-4-6-17(16(12-15)20(26)27)25-7-9-29-10-8-25/h3-6,11-12,22H,7-10,13H2,1-2H3,(H,26,27). The van der Waals surface area contributed by atoms with Gasteiger partial charge in [-0.15, -0.1) is 0 Å². The molecule has 2 N–H and O–H groups in total. The molecule has 29 heavy (non-hydrogen) atoms. The van der Waals surface area contributed by atoms with Crippen molar-refractivity contribution in [2.75, 3.05) is 31.6 Å². The van der Waals surface area contributed by atoms with E-state index in [1.54, 1.807) is 29.3 Å². The van der Waals surface area contributed by atoms with Crippen molar-refractivity contribution in [3.05, 3.63) is 58.0 Å². The lowest BCUT2D eigenvalue weighted by atomic mass is 10.1. The third kappa shape index (κ3) is 3.64. The topological polar surface area (TPSA) is 92.8 Å². The van der Waals surface area contributed by atoms with Crippen molar-refractivity contribution in [1.29, 1.82) is 0 Å². The second-order valence-electron chi connectivity index (χ2n) is 7.34. The molecule has 0 unspecified atom stereocenters. The second-order valence-corrected chi connectivity index (χ2v) is 7.34. The summed E-state index contributed by atoms with van der Waals surface area (Å²) in [5.74, 6) is -1.18. The summed E-state index contributed by atoms with van der Waals surface area (Å²) < 4.78 is 8.60. The van der Waals surface area contributed by atoms with Gasteiger partial charge in [-0.2, -0.15) is 0 Å². The number of rotatable bonds is 5. The van der Waals surface area contributed by atoms with Gasteiger partial charge < -0.3 is 20.0 Å². The maximum absolute atomic E-state index is 12.1. The molecule has 0 radical (unpaired) electrons. The van der Waals surface area contributed by atoms with Crippen molar-refractivity contribution in [2.24, 2.45) is 14.1 Å². The molecule has 152 valence electrons. The zero-order valence-corrected chi connectivity index (χ0v) is 16.5. The van der Waals surface area contributed by atoms with E-state index in [0.717, 1.165) is 40.3 Å². The Hall–Kier alpha value is -3.10. The average molecular weight is 396 g/mol. The van der Waals surface area contributed by atoms with Crippen molar-refractivity contribution >= 4 is 28.4 Å². The molecule has 1 aliphatic heterocycles. The van der Waals surface area contributed by atoms with Gasteiger partial charge in [0, 0.05) is 32.4 Å². The van der Waals surface area contributed by atoms with Gasteiger partial charge in [0.15, 0.2) is 0 Å². The molecule has 0 aliphatic carbocycles. The van der Waals surface area contributed by atoms with Gasteiger partial charge in [0.1, 0.15) is 18.8 Å². The molecule has 1 saturated heterocycles. The summed E-state index contributed by atoms with van der Waals surface area (Å²) in [5.41, 5.74) is 4.31. The SMILES string of the molecule is Cn1c(=O)n(C)c2cc(CNc3ccc([NH+]4CCOCC4)c(C(=O)[O-])c3)ccc21. The van der Waals surface area contributed by atoms with Crippen LogP contribution in [0.3, 0.4) is 0 Å². The van der Waals surface area contributed by atoms with Crippen molar-refractivity contribution in [3.63, 3.8) is 0 Å². The second kappa shape index (κ2) is 7.73. The number of carboxylic acids is 1. The summed E-state index contributed by atoms with van der Waals surface area (Å²) in [4.78, 5) is 24.9. The third-order valence-electron chi connectivity index (χ3n) is 5.55. The maximum atomic E-state index is 12.1. The number of carbonyl (C=O) groups is 1. The third-order valence-corrected chi connectivity index (χ3v) is 5.55. The van der Waals surface area contributed by atoms with Gasteiger partial charge in [0.2, 0.25) is 0 Å². The highest BCUT2D eigenvalue weighted by Gasteiger charge is 2.21. The molecule has 1 aliphatic rings. The van der Waals surface area contributed by atoms with Crippen LogP contribution in [0.2, 0.25) is 0 Å². The van der Waals surface area contributed by atoms with Crippen LogP contribution in [0.1, 0.15) is 15.9 Å².